The number of hydrogen-bond donors (Lipinski definition) is 2. The highest BCUT2D eigenvalue weighted by atomic mass is 32.2. The van der Waals surface area contributed by atoms with Crippen LogP contribution in [0.15, 0.2) is 53.4 Å². The second-order valence-corrected chi connectivity index (χ2v) is 8.79. The number of carbonyl (C=O) groups excluding carboxylic acids is 1. The molecule has 7 nitrogen and oxygen atoms in total. The van der Waals surface area contributed by atoms with Gasteiger partial charge in [0.25, 0.3) is 0 Å². The molecule has 1 aliphatic rings. The Hall–Kier alpha value is -2.42. The first-order chi connectivity index (χ1) is 13.4. The molecule has 1 amide bonds. The molecule has 150 valence electrons. The van der Waals surface area contributed by atoms with Crippen LogP contribution >= 0.6 is 0 Å². The standard InChI is InChI=1S/C20H25N3O4S/c1-16(24)21-18-7-9-19(10-8-18)28(25,26)23-13-11-22(12-14-23)15-17-5-3-4-6-20(17)27-2/h3-10H,11-15H2,1-2H3,(H,21,24)/p+1. The lowest BCUT2D eigenvalue weighted by Gasteiger charge is -2.31. The molecule has 1 aliphatic heterocycles. The third kappa shape index (κ3) is 4.70. The van der Waals surface area contributed by atoms with E-state index in [0.717, 1.165) is 30.9 Å². The molecule has 0 bridgehead atoms. The van der Waals surface area contributed by atoms with Crippen molar-refractivity contribution in [1.29, 1.82) is 0 Å². The highest BCUT2D eigenvalue weighted by Gasteiger charge is 2.30. The van der Waals surface area contributed by atoms with Gasteiger partial charge in [-0.1, -0.05) is 12.1 Å². The van der Waals surface area contributed by atoms with Crippen LogP contribution in [0.2, 0.25) is 0 Å². The average Bonchev–Trinajstić information content (AvgIpc) is 2.69. The molecule has 0 radical (unpaired) electrons. The maximum absolute atomic E-state index is 12.9. The molecule has 2 aromatic carbocycles. The predicted octanol–water partition coefficient (Wildman–Crippen LogP) is 0.743. The van der Waals surface area contributed by atoms with Gasteiger partial charge in [0.05, 0.1) is 38.2 Å². The summed E-state index contributed by atoms with van der Waals surface area (Å²) in [5.74, 6) is 0.675. The van der Waals surface area contributed by atoms with Gasteiger partial charge in [-0.25, -0.2) is 8.42 Å². The van der Waals surface area contributed by atoms with Gasteiger partial charge in [-0.3, -0.25) is 4.79 Å². The zero-order valence-electron chi connectivity index (χ0n) is 16.1. The summed E-state index contributed by atoms with van der Waals surface area (Å²) in [5.41, 5.74) is 1.71. The Kier molecular flexibility index (Phi) is 6.33. The van der Waals surface area contributed by atoms with E-state index in [2.05, 4.69) is 5.32 Å². The lowest BCUT2D eigenvalue weighted by Crippen LogP contribution is -3.13. The molecule has 2 N–H and O–H groups in total. The van der Waals surface area contributed by atoms with Crippen LogP contribution in [0.25, 0.3) is 0 Å². The summed E-state index contributed by atoms with van der Waals surface area (Å²) in [6.45, 7) is 4.64. The Balaban J connectivity index is 1.62. The lowest BCUT2D eigenvalue weighted by atomic mass is 10.2. The van der Waals surface area contributed by atoms with Crippen molar-refractivity contribution in [1.82, 2.24) is 4.31 Å². The minimum absolute atomic E-state index is 0.190. The van der Waals surface area contributed by atoms with Gasteiger partial charge in [0.15, 0.2) is 0 Å². The van der Waals surface area contributed by atoms with Crippen molar-refractivity contribution in [2.75, 3.05) is 38.6 Å². The van der Waals surface area contributed by atoms with E-state index in [0.29, 0.717) is 18.8 Å². The number of rotatable bonds is 6. The van der Waals surface area contributed by atoms with Crippen molar-refractivity contribution < 1.29 is 22.8 Å². The Bertz CT molecular complexity index is 921. The fourth-order valence-electron chi connectivity index (χ4n) is 3.40. The zero-order chi connectivity index (χ0) is 20.1. The minimum atomic E-state index is -3.53. The number of piperazine rings is 1. The van der Waals surface area contributed by atoms with Gasteiger partial charge in [-0.15, -0.1) is 0 Å². The molecule has 0 spiro atoms. The number of anilines is 1. The van der Waals surface area contributed by atoms with E-state index in [9.17, 15) is 13.2 Å². The zero-order valence-corrected chi connectivity index (χ0v) is 17.0. The highest BCUT2D eigenvalue weighted by molar-refractivity contribution is 7.89. The van der Waals surface area contributed by atoms with Gasteiger partial charge < -0.3 is 15.0 Å². The van der Waals surface area contributed by atoms with Gasteiger partial charge in [0.1, 0.15) is 12.3 Å². The summed E-state index contributed by atoms with van der Waals surface area (Å²) in [6, 6.07) is 14.2. The number of sulfonamides is 1. The van der Waals surface area contributed by atoms with E-state index in [1.807, 2.05) is 24.3 Å². The summed E-state index contributed by atoms with van der Waals surface area (Å²) in [7, 11) is -1.87. The van der Waals surface area contributed by atoms with Crippen LogP contribution in [0, 0.1) is 0 Å². The number of hydrogen-bond acceptors (Lipinski definition) is 4. The largest absolute Gasteiger partial charge is 0.496 e. The molecule has 1 saturated heterocycles. The molecule has 1 fully saturated rings. The smallest absolute Gasteiger partial charge is 0.243 e. The third-order valence-corrected chi connectivity index (χ3v) is 6.79. The molecule has 0 aliphatic carbocycles. The van der Waals surface area contributed by atoms with Crippen molar-refractivity contribution in [3.63, 3.8) is 0 Å². The number of para-hydroxylation sites is 1. The van der Waals surface area contributed by atoms with Gasteiger partial charge in [0, 0.05) is 18.2 Å². The second kappa shape index (κ2) is 8.72. The Morgan fingerprint density at radius 3 is 2.36 bits per heavy atom. The summed E-state index contributed by atoms with van der Waals surface area (Å²) in [5, 5.41) is 2.64. The first-order valence-electron chi connectivity index (χ1n) is 9.23. The first kappa shape index (κ1) is 20.3. The summed E-state index contributed by atoms with van der Waals surface area (Å²) >= 11 is 0. The molecule has 8 heteroatoms. The fourth-order valence-corrected chi connectivity index (χ4v) is 4.84. The van der Waals surface area contributed by atoms with E-state index in [1.165, 1.54) is 28.3 Å². The molecular formula is C20H26N3O4S+. The van der Waals surface area contributed by atoms with Gasteiger partial charge >= 0.3 is 0 Å². The van der Waals surface area contributed by atoms with Crippen LogP contribution in [-0.2, 0) is 21.4 Å². The van der Waals surface area contributed by atoms with Crippen LogP contribution in [0.5, 0.6) is 5.75 Å². The number of nitrogens with zero attached hydrogens (tertiary/aromatic N) is 1. The number of methoxy groups -OCH3 is 1. The quantitative estimate of drug-likeness (QED) is 0.744. The van der Waals surface area contributed by atoms with Crippen molar-refractivity contribution >= 4 is 21.6 Å². The minimum Gasteiger partial charge on any atom is -0.496 e. The van der Waals surface area contributed by atoms with Crippen molar-refractivity contribution in [3.05, 3.63) is 54.1 Å². The monoisotopic (exact) mass is 404 g/mol. The van der Waals surface area contributed by atoms with Gasteiger partial charge in [-0.05, 0) is 36.4 Å². The predicted molar refractivity (Wildman–Crippen MR) is 107 cm³/mol. The van der Waals surface area contributed by atoms with Crippen LogP contribution < -0.4 is 15.0 Å². The molecular weight excluding hydrogens is 378 g/mol. The van der Waals surface area contributed by atoms with E-state index in [4.69, 9.17) is 4.74 Å². The summed E-state index contributed by atoms with van der Waals surface area (Å²) in [4.78, 5) is 12.7. The van der Waals surface area contributed by atoms with Crippen LogP contribution in [0.1, 0.15) is 12.5 Å². The third-order valence-electron chi connectivity index (χ3n) is 4.87. The topological polar surface area (TPSA) is 80.2 Å². The summed E-state index contributed by atoms with van der Waals surface area (Å²) < 4.78 is 32.7. The van der Waals surface area contributed by atoms with Crippen LogP contribution in [-0.4, -0.2) is 51.9 Å². The molecule has 2 aromatic rings. The van der Waals surface area contributed by atoms with E-state index >= 15 is 0 Å². The van der Waals surface area contributed by atoms with E-state index in [-0.39, 0.29) is 10.8 Å². The number of benzene rings is 2. The van der Waals surface area contributed by atoms with Crippen molar-refractivity contribution in [3.8, 4) is 5.75 Å². The van der Waals surface area contributed by atoms with Gasteiger partial charge in [0.2, 0.25) is 15.9 Å². The molecule has 0 unspecified atom stereocenters. The molecule has 0 atom stereocenters. The molecule has 0 saturated carbocycles. The highest BCUT2D eigenvalue weighted by Crippen LogP contribution is 2.19. The number of ether oxygens (including phenoxy) is 1. The van der Waals surface area contributed by atoms with Crippen molar-refractivity contribution in [2.45, 2.75) is 18.4 Å². The van der Waals surface area contributed by atoms with E-state index in [1.54, 1.807) is 19.2 Å². The van der Waals surface area contributed by atoms with Crippen molar-refractivity contribution in [2.24, 2.45) is 0 Å². The van der Waals surface area contributed by atoms with E-state index < -0.39 is 10.0 Å². The Labute approximate surface area is 166 Å². The maximum atomic E-state index is 12.9. The maximum Gasteiger partial charge on any atom is 0.243 e. The van der Waals surface area contributed by atoms with Crippen LogP contribution in [0.3, 0.4) is 0 Å². The normalized spacial score (nSPS) is 15.9. The molecule has 3 rings (SSSR count). The average molecular weight is 405 g/mol. The summed E-state index contributed by atoms with van der Waals surface area (Å²) in [6.07, 6.45) is 0. The number of nitrogens with one attached hydrogen (secondary N) is 2. The molecule has 1 heterocycles. The SMILES string of the molecule is COc1ccccc1C[NH+]1CCN(S(=O)(=O)c2ccc(NC(C)=O)cc2)CC1. The first-order valence-corrected chi connectivity index (χ1v) is 10.7. The molecule has 0 aromatic heterocycles. The lowest BCUT2D eigenvalue weighted by molar-refractivity contribution is -0.917. The number of carbonyl (C=O) groups is 1. The molecule has 28 heavy (non-hydrogen) atoms. The second-order valence-electron chi connectivity index (χ2n) is 6.85. The number of quaternary nitrogens is 1. The fraction of sp³-hybridized carbons (Fsp3) is 0.350. The number of amides is 1. The Morgan fingerprint density at radius 1 is 1.11 bits per heavy atom. The Morgan fingerprint density at radius 2 is 1.75 bits per heavy atom. The van der Waals surface area contributed by atoms with Crippen LogP contribution in [0.4, 0.5) is 5.69 Å². The van der Waals surface area contributed by atoms with Gasteiger partial charge in [-0.2, -0.15) is 4.31 Å².